The van der Waals surface area contributed by atoms with E-state index in [0.717, 1.165) is 32.1 Å². The van der Waals surface area contributed by atoms with Crippen LogP contribution in [0.25, 0.3) is 0 Å². The molecule has 16 heavy (non-hydrogen) atoms. The summed E-state index contributed by atoms with van der Waals surface area (Å²) in [5, 5.41) is 0. The molecule has 0 aromatic carbocycles. The van der Waals surface area contributed by atoms with Crippen LogP contribution in [-0.4, -0.2) is 18.9 Å². The highest BCUT2D eigenvalue weighted by molar-refractivity contribution is 5.76. The van der Waals surface area contributed by atoms with Gasteiger partial charge in [0.1, 0.15) is 0 Å². The number of carbonyl (C=O) groups is 1. The van der Waals surface area contributed by atoms with Crippen molar-refractivity contribution in [1.82, 2.24) is 0 Å². The van der Waals surface area contributed by atoms with E-state index < -0.39 is 11.2 Å². The van der Waals surface area contributed by atoms with E-state index >= 15 is 0 Å². The molecule has 0 radical (unpaired) electrons. The van der Waals surface area contributed by atoms with Gasteiger partial charge in [-0.1, -0.05) is 13.3 Å². The Kier molecular flexibility index (Phi) is 4.36. The topological polar surface area (TPSA) is 35.5 Å². The first-order chi connectivity index (χ1) is 7.46. The van der Waals surface area contributed by atoms with Gasteiger partial charge in [-0.15, -0.1) is 0 Å². The molecule has 0 unspecified atom stereocenters. The van der Waals surface area contributed by atoms with Crippen molar-refractivity contribution in [2.24, 2.45) is 5.41 Å². The highest BCUT2D eigenvalue weighted by Gasteiger charge is 2.39. The molecule has 0 spiro atoms. The van der Waals surface area contributed by atoms with E-state index in [1.165, 1.54) is 6.42 Å². The molecule has 1 saturated carbocycles. The summed E-state index contributed by atoms with van der Waals surface area (Å²) in [6.07, 6.45) is 5.80. The fourth-order valence-electron chi connectivity index (χ4n) is 1.89. The van der Waals surface area contributed by atoms with Gasteiger partial charge < -0.3 is 9.47 Å². The minimum absolute atomic E-state index is 0.140. The molecule has 1 aliphatic rings. The van der Waals surface area contributed by atoms with Gasteiger partial charge in [-0.25, -0.2) is 0 Å². The van der Waals surface area contributed by atoms with Crippen molar-refractivity contribution in [1.29, 1.82) is 0 Å². The maximum Gasteiger partial charge on any atom is 0.313 e. The van der Waals surface area contributed by atoms with Gasteiger partial charge in [-0.2, -0.15) is 0 Å². The van der Waals surface area contributed by atoms with Crippen molar-refractivity contribution in [2.45, 2.75) is 65.1 Å². The lowest BCUT2D eigenvalue weighted by molar-refractivity contribution is -0.240. The molecule has 0 saturated heterocycles. The maximum atomic E-state index is 12.0. The van der Waals surface area contributed by atoms with Crippen LogP contribution in [0.4, 0.5) is 0 Å². The van der Waals surface area contributed by atoms with Crippen molar-refractivity contribution in [3.63, 3.8) is 0 Å². The standard InChI is InChI=1S/C13H24O3/c1-5-12(2,3)11(14)16-13(15-4)9-7-6-8-10-13/h5-10H2,1-4H3. The fraction of sp³-hybridized carbons (Fsp3) is 0.923. The molecule has 3 nitrogen and oxygen atoms in total. The summed E-state index contributed by atoms with van der Waals surface area (Å²) in [5.41, 5.74) is -0.414. The highest BCUT2D eigenvalue weighted by atomic mass is 16.7. The van der Waals surface area contributed by atoms with Crippen molar-refractivity contribution < 1.29 is 14.3 Å². The van der Waals surface area contributed by atoms with Gasteiger partial charge in [-0.05, 0) is 33.1 Å². The quantitative estimate of drug-likeness (QED) is 0.547. The predicted octanol–water partition coefficient (Wildman–Crippen LogP) is 3.27. The summed E-state index contributed by atoms with van der Waals surface area (Å²) in [6, 6.07) is 0. The van der Waals surface area contributed by atoms with Crippen LogP contribution in [0.1, 0.15) is 59.3 Å². The molecule has 3 heteroatoms. The lowest BCUT2D eigenvalue weighted by Crippen LogP contribution is -2.42. The Labute approximate surface area is 98.5 Å². The van der Waals surface area contributed by atoms with Crippen molar-refractivity contribution >= 4 is 5.97 Å². The third kappa shape index (κ3) is 2.97. The molecular weight excluding hydrogens is 204 g/mol. The fourth-order valence-corrected chi connectivity index (χ4v) is 1.89. The lowest BCUT2D eigenvalue weighted by Gasteiger charge is -2.37. The van der Waals surface area contributed by atoms with Gasteiger partial charge in [0.05, 0.1) is 5.41 Å². The highest BCUT2D eigenvalue weighted by Crippen LogP contribution is 2.35. The Bertz CT molecular complexity index is 240. The van der Waals surface area contributed by atoms with Crippen LogP contribution in [0.2, 0.25) is 0 Å². The molecule has 1 fully saturated rings. The number of esters is 1. The van der Waals surface area contributed by atoms with Crippen molar-refractivity contribution in [2.75, 3.05) is 7.11 Å². The summed E-state index contributed by atoms with van der Waals surface area (Å²) >= 11 is 0. The van der Waals surface area contributed by atoms with Crippen LogP contribution in [0.5, 0.6) is 0 Å². The Morgan fingerprint density at radius 3 is 2.25 bits per heavy atom. The third-order valence-corrected chi connectivity index (χ3v) is 3.70. The number of rotatable bonds is 4. The zero-order valence-electron chi connectivity index (χ0n) is 11.0. The molecule has 0 amide bonds. The molecule has 0 atom stereocenters. The van der Waals surface area contributed by atoms with E-state index in [0.29, 0.717) is 0 Å². The smallest absolute Gasteiger partial charge is 0.313 e. The normalized spacial score (nSPS) is 20.5. The predicted molar refractivity (Wildman–Crippen MR) is 63.0 cm³/mol. The number of hydrogen-bond acceptors (Lipinski definition) is 3. The molecule has 0 aromatic heterocycles. The summed E-state index contributed by atoms with van der Waals surface area (Å²) in [7, 11) is 1.64. The van der Waals surface area contributed by atoms with E-state index in [2.05, 4.69) is 0 Å². The van der Waals surface area contributed by atoms with E-state index in [9.17, 15) is 4.79 Å². The first-order valence-electron chi connectivity index (χ1n) is 6.24. The second-order valence-corrected chi connectivity index (χ2v) is 5.30. The molecule has 1 aliphatic carbocycles. The monoisotopic (exact) mass is 228 g/mol. The molecule has 0 heterocycles. The minimum Gasteiger partial charge on any atom is -0.433 e. The molecule has 0 N–H and O–H groups in total. The molecule has 94 valence electrons. The molecular formula is C13H24O3. The van der Waals surface area contributed by atoms with Crippen LogP contribution >= 0.6 is 0 Å². The van der Waals surface area contributed by atoms with Crippen molar-refractivity contribution in [3.05, 3.63) is 0 Å². The Hall–Kier alpha value is -0.570. The largest absolute Gasteiger partial charge is 0.433 e. The second kappa shape index (κ2) is 5.17. The molecule has 0 aliphatic heterocycles. The number of methoxy groups -OCH3 is 1. The van der Waals surface area contributed by atoms with Gasteiger partial charge in [0.2, 0.25) is 5.79 Å². The van der Waals surface area contributed by atoms with Gasteiger partial charge >= 0.3 is 5.97 Å². The first kappa shape index (κ1) is 13.5. The summed E-state index contributed by atoms with van der Waals surface area (Å²) in [5.74, 6) is -0.791. The van der Waals surface area contributed by atoms with Crippen LogP contribution in [0.15, 0.2) is 0 Å². The summed E-state index contributed by atoms with van der Waals surface area (Å²) in [4.78, 5) is 12.0. The SMILES string of the molecule is CCC(C)(C)C(=O)OC1(OC)CCCCC1. The van der Waals surface area contributed by atoms with E-state index in [4.69, 9.17) is 9.47 Å². The van der Waals surface area contributed by atoms with E-state index in [-0.39, 0.29) is 5.97 Å². The van der Waals surface area contributed by atoms with Gasteiger partial charge in [-0.3, -0.25) is 4.79 Å². The Morgan fingerprint density at radius 1 is 1.25 bits per heavy atom. The zero-order valence-corrected chi connectivity index (χ0v) is 11.0. The van der Waals surface area contributed by atoms with E-state index in [1.807, 2.05) is 20.8 Å². The van der Waals surface area contributed by atoms with Gasteiger partial charge in [0, 0.05) is 20.0 Å². The van der Waals surface area contributed by atoms with Crippen LogP contribution in [-0.2, 0) is 14.3 Å². The average Bonchev–Trinajstić information content (AvgIpc) is 2.30. The van der Waals surface area contributed by atoms with Crippen molar-refractivity contribution in [3.8, 4) is 0 Å². The summed E-state index contributed by atoms with van der Waals surface area (Å²) in [6.45, 7) is 5.84. The summed E-state index contributed by atoms with van der Waals surface area (Å²) < 4.78 is 11.1. The van der Waals surface area contributed by atoms with Crippen LogP contribution in [0, 0.1) is 5.41 Å². The Morgan fingerprint density at radius 2 is 1.81 bits per heavy atom. The molecule has 0 aromatic rings. The average molecular weight is 228 g/mol. The van der Waals surface area contributed by atoms with Gasteiger partial charge in [0.25, 0.3) is 0 Å². The van der Waals surface area contributed by atoms with E-state index in [1.54, 1.807) is 7.11 Å². The lowest BCUT2D eigenvalue weighted by atomic mass is 9.89. The second-order valence-electron chi connectivity index (χ2n) is 5.30. The number of hydrogen-bond donors (Lipinski definition) is 0. The number of ether oxygens (including phenoxy) is 2. The van der Waals surface area contributed by atoms with Gasteiger partial charge in [0.15, 0.2) is 0 Å². The van der Waals surface area contributed by atoms with Crippen LogP contribution < -0.4 is 0 Å². The Balaban J connectivity index is 2.66. The maximum absolute atomic E-state index is 12.0. The zero-order chi connectivity index (χ0) is 12.2. The molecule has 1 rings (SSSR count). The minimum atomic E-state index is -0.651. The third-order valence-electron chi connectivity index (χ3n) is 3.70. The number of carbonyl (C=O) groups excluding carboxylic acids is 1. The molecule has 0 bridgehead atoms. The van der Waals surface area contributed by atoms with Crippen LogP contribution in [0.3, 0.4) is 0 Å². The first-order valence-corrected chi connectivity index (χ1v) is 6.24.